The monoisotopic (exact) mass is 749 g/mol. The first-order valence-corrected chi connectivity index (χ1v) is 17.8. The number of nitrogens with zero attached hydrogens (tertiary/aromatic N) is 3. The van der Waals surface area contributed by atoms with Crippen molar-refractivity contribution < 1.29 is 26.3 Å². The van der Waals surface area contributed by atoms with Crippen molar-refractivity contribution >= 4 is 43.6 Å². The number of nitriles is 1. The van der Waals surface area contributed by atoms with E-state index in [-0.39, 0.29) is 16.7 Å². The zero-order chi connectivity index (χ0) is 39.1. The Balaban J connectivity index is 1.47. The summed E-state index contributed by atoms with van der Waals surface area (Å²) in [7, 11) is 0. The van der Waals surface area contributed by atoms with Gasteiger partial charge in [-0.25, -0.2) is 0 Å². The van der Waals surface area contributed by atoms with E-state index in [0.717, 1.165) is 60.8 Å². The van der Waals surface area contributed by atoms with Gasteiger partial charge < -0.3 is 9.13 Å². The minimum absolute atomic E-state index is 0.190. The second-order valence-corrected chi connectivity index (χ2v) is 14.0. The number of fused-ring (bicyclic) bond motifs is 6. The average Bonchev–Trinajstić information content (AvgIpc) is 3.68. The van der Waals surface area contributed by atoms with Crippen LogP contribution >= 0.6 is 0 Å². The summed E-state index contributed by atoms with van der Waals surface area (Å²) in [6.07, 6.45) is -10.2. The van der Waals surface area contributed by atoms with Crippen molar-refractivity contribution in [2.45, 2.75) is 26.2 Å². The SMILES string of the molecule is Cc1ccc2c(c1)c1ccccc1n2-c1ccc(-c2c(C(F)(F)F)cccc2C(F)(F)F)cc1-c1c(C#N)cccc1-n1c2ccccc2c2cc(C)ccc21. The topological polar surface area (TPSA) is 33.6 Å². The number of hydrogen-bond acceptors (Lipinski definition) is 1. The first kappa shape index (κ1) is 34.9. The van der Waals surface area contributed by atoms with Crippen molar-refractivity contribution in [2.75, 3.05) is 0 Å². The van der Waals surface area contributed by atoms with E-state index in [0.29, 0.717) is 29.1 Å². The minimum Gasteiger partial charge on any atom is -0.309 e. The molecule has 0 spiro atoms. The van der Waals surface area contributed by atoms with Crippen LogP contribution < -0.4 is 0 Å². The molecule has 9 aromatic rings. The van der Waals surface area contributed by atoms with Crippen LogP contribution in [0.2, 0.25) is 0 Å². The molecule has 0 atom stereocenters. The highest BCUT2D eigenvalue weighted by atomic mass is 19.4. The summed E-state index contributed by atoms with van der Waals surface area (Å²) >= 11 is 0. The van der Waals surface area contributed by atoms with Gasteiger partial charge in [-0.05, 0) is 92.2 Å². The maximum atomic E-state index is 14.7. The summed E-state index contributed by atoms with van der Waals surface area (Å²) in [5.74, 6) is 0. The summed E-state index contributed by atoms with van der Waals surface area (Å²) in [6, 6.07) is 41.3. The normalized spacial score (nSPS) is 12.3. The van der Waals surface area contributed by atoms with Gasteiger partial charge in [0, 0.05) is 38.2 Å². The third kappa shape index (κ3) is 5.43. The molecule has 0 N–H and O–H groups in total. The lowest BCUT2D eigenvalue weighted by atomic mass is 9.89. The van der Waals surface area contributed by atoms with E-state index < -0.39 is 29.0 Å². The van der Waals surface area contributed by atoms with Gasteiger partial charge in [0.15, 0.2) is 0 Å². The second-order valence-electron chi connectivity index (χ2n) is 14.0. The minimum atomic E-state index is -5.10. The second kappa shape index (κ2) is 12.6. The van der Waals surface area contributed by atoms with Gasteiger partial charge in [-0.15, -0.1) is 0 Å². The molecule has 0 radical (unpaired) electrons. The Hall–Kier alpha value is -6.79. The molecule has 0 unspecified atom stereocenters. The first-order valence-electron chi connectivity index (χ1n) is 17.8. The molecule has 56 heavy (non-hydrogen) atoms. The Bertz CT molecular complexity index is 3070. The maximum absolute atomic E-state index is 14.7. The van der Waals surface area contributed by atoms with E-state index in [2.05, 4.69) is 12.1 Å². The summed E-state index contributed by atoms with van der Waals surface area (Å²) in [4.78, 5) is 0. The highest BCUT2D eigenvalue weighted by Gasteiger charge is 2.41. The van der Waals surface area contributed by atoms with Crippen LogP contribution in [-0.4, -0.2) is 9.13 Å². The maximum Gasteiger partial charge on any atom is 0.417 e. The van der Waals surface area contributed by atoms with E-state index in [4.69, 9.17) is 0 Å². The Kier molecular flexibility index (Phi) is 7.89. The predicted octanol–water partition coefficient (Wildman–Crippen LogP) is 13.7. The number of benzene rings is 7. The fourth-order valence-electron chi connectivity index (χ4n) is 8.22. The number of para-hydroxylation sites is 2. The van der Waals surface area contributed by atoms with E-state index in [1.54, 1.807) is 18.2 Å². The van der Waals surface area contributed by atoms with Crippen molar-refractivity contribution in [2.24, 2.45) is 0 Å². The van der Waals surface area contributed by atoms with Crippen molar-refractivity contribution in [3.63, 3.8) is 0 Å². The van der Waals surface area contributed by atoms with E-state index in [1.807, 2.05) is 108 Å². The molecule has 0 aliphatic rings. The lowest BCUT2D eigenvalue weighted by molar-refractivity contribution is -0.142. The van der Waals surface area contributed by atoms with Crippen molar-refractivity contribution in [1.29, 1.82) is 5.26 Å². The molecule has 3 nitrogen and oxygen atoms in total. The van der Waals surface area contributed by atoms with Crippen molar-refractivity contribution in [3.8, 4) is 39.7 Å². The van der Waals surface area contributed by atoms with Gasteiger partial charge in [-0.2, -0.15) is 31.6 Å². The van der Waals surface area contributed by atoms with Crippen LogP contribution in [0.3, 0.4) is 0 Å². The van der Waals surface area contributed by atoms with E-state index in [9.17, 15) is 31.6 Å². The molecule has 7 aromatic carbocycles. The predicted molar refractivity (Wildman–Crippen MR) is 210 cm³/mol. The van der Waals surface area contributed by atoms with Crippen LogP contribution in [0.5, 0.6) is 0 Å². The number of aryl methyl sites for hydroxylation is 2. The van der Waals surface area contributed by atoms with Crippen molar-refractivity contribution in [3.05, 3.63) is 167 Å². The van der Waals surface area contributed by atoms with Gasteiger partial charge in [-0.1, -0.05) is 77.9 Å². The van der Waals surface area contributed by atoms with Crippen LogP contribution in [0, 0.1) is 25.2 Å². The highest BCUT2D eigenvalue weighted by Crippen LogP contribution is 2.48. The van der Waals surface area contributed by atoms with Crippen molar-refractivity contribution in [1.82, 2.24) is 9.13 Å². The van der Waals surface area contributed by atoms with Gasteiger partial charge >= 0.3 is 12.4 Å². The molecule has 2 aromatic heterocycles. The van der Waals surface area contributed by atoms with Crippen LogP contribution in [0.4, 0.5) is 26.3 Å². The number of halogens is 6. The average molecular weight is 750 g/mol. The molecule has 0 saturated heterocycles. The van der Waals surface area contributed by atoms with Gasteiger partial charge in [-0.3, -0.25) is 0 Å². The van der Waals surface area contributed by atoms with Gasteiger partial charge in [0.25, 0.3) is 0 Å². The number of alkyl halides is 6. The molecule has 0 fully saturated rings. The Morgan fingerprint density at radius 3 is 1.50 bits per heavy atom. The van der Waals surface area contributed by atoms with Gasteiger partial charge in [0.2, 0.25) is 0 Å². The first-order chi connectivity index (χ1) is 26.8. The summed E-state index contributed by atoms with van der Waals surface area (Å²) in [6.45, 7) is 3.97. The van der Waals surface area contributed by atoms with Crippen LogP contribution in [-0.2, 0) is 12.4 Å². The number of aromatic nitrogens is 2. The number of hydrogen-bond donors (Lipinski definition) is 0. The third-order valence-corrected chi connectivity index (χ3v) is 10.5. The molecular formula is C47H29F6N3. The molecule has 274 valence electrons. The molecule has 0 saturated carbocycles. The zero-order valence-electron chi connectivity index (χ0n) is 29.9. The lowest BCUT2D eigenvalue weighted by Gasteiger charge is -2.23. The fraction of sp³-hybridized carbons (Fsp3) is 0.0851. The Morgan fingerprint density at radius 1 is 0.464 bits per heavy atom. The lowest BCUT2D eigenvalue weighted by Crippen LogP contribution is -2.14. The quantitative estimate of drug-likeness (QED) is 0.165. The summed E-state index contributed by atoms with van der Waals surface area (Å²) in [5.41, 5.74) is 2.96. The molecule has 0 bridgehead atoms. The fourth-order valence-corrected chi connectivity index (χ4v) is 8.22. The van der Waals surface area contributed by atoms with Crippen LogP contribution in [0.25, 0.3) is 77.2 Å². The molecule has 0 amide bonds. The summed E-state index contributed by atoms with van der Waals surface area (Å²) < 4.78 is 92.1. The standard InChI is InChI=1S/C47H29F6N3/c1-27-17-20-40-33(23-27)31-10-3-5-14-38(31)55(40)42-22-19-29(45-36(46(48,49)50)12-8-13-37(45)47(51,52)53)25-35(42)44-30(26-54)9-7-16-43(44)56-39-15-6-4-11-32(39)34-24-28(2)18-21-41(34)56/h3-25H,1-2H3. The largest absolute Gasteiger partial charge is 0.417 e. The molecule has 0 aliphatic heterocycles. The molecular weight excluding hydrogens is 721 g/mol. The Labute approximate surface area is 316 Å². The molecule has 9 rings (SSSR count). The Morgan fingerprint density at radius 2 is 0.964 bits per heavy atom. The van der Waals surface area contributed by atoms with Gasteiger partial charge in [0.1, 0.15) is 0 Å². The highest BCUT2D eigenvalue weighted by molar-refractivity contribution is 6.12. The molecule has 2 heterocycles. The van der Waals surface area contributed by atoms with Gasteiger partial charge in [0.05, 0.1) is 56.2 Å². The van der Waals surface area contributed by atoms with Crippen LogP contribution in [0.1, 0.15) is 27.8 Å². The molecule has 0 aliphatic carbocycles. The summed E-state index contributed by atoms with van der Waals surface area (Å²) in [5, 5.41) is 14.5. The zero-order valence-corrected chi connectivity index (χ0v) is 29.9. The van der Waals surface area contributed by atoms with Crippen LogP contribution in [0.15, 0.2) is 140 Å². The number of rotatable bonds is 4. The van der Waals surface area contributed by atoms with E-state index in [1.165, 1.54) is 12.1 Å². The van der Waals surface area contributed by atoms with E-state index >= 15 is 0 Å². The molecule has 9 heteroatoms. The third-order valence-electron chi connectivity index (χ3n) is 10.5. The smallest absolute Gasteiger partial charge is 0.309 e.